The van der Waals surface area contributed by atoms with E-state index in [0.29, 0.717) is 30.8 Å². The summed E-state index contributed by atoms with van der Waals surface area (Å²) in [5.41, 5.74) is 2.13. The molecule has 0 aromatic heterocycles. The monoisotopic (exact) mass is 443 g/mol. The number of nitrogens with zero attached hydrogens (tertiary/aromatic N) is 1. The van der Waals surface area contributed by atoms with Gasteiger partial charge in [0.2, 0.25) is 15.9 Å². The minimum absolute atomic E-state index is 0.0260. The molecule has 1 aliphatic rings. The molecule has 0 spiro atoms. The van der Waals surface area contributed by atoms with Gasteiger partial charge >= 0.3 is 0 Å². The van der Waals surface area contributed by atoms with Gasteiger partial charge in [0.15, 0.2) is 0 Å². The lowest BCUT2D eigenvalue weighted by molar-refractivity contribution is -0.130. The number of amides is 2. The van der Waals surface area contributed by atoms with Crippen LogP contribution in [0.1, 0.15) is 49.0 Å². The minimum atomic E-state index is -3.44. The van der Waals surface area contributed by atoms with Gasteiger partial charge in [-0.2, -0.15) is 0 Å². The molecule has 2 atom stereocenters. The van der Waals surface area contributed by atoms with Gasteiger partial charge in [-0.25, -0.2) is 13.1 Å². The molecule has 2 aromatic carbocycles. The summed E-state index contributed by atoms with van der Waals surface area (Å²) in [6, 6.07) is 16.0. The maximum absolute atomic E-state index is 12.5. The summed E-state index contributed by atoms with van der Waals surface area (Å²) in [6.07, 6.45) is 0.544. The van der Waals surface area contributed by atoms with Crippen molar-refractivity contribution in [3.8, 4) is 0 Å². The van der Waals surface area contributed by atoms with Crippen molar-refractivity contribution >= 4 is 27.5 Å². The van der Waals surface area contributed by atoms with E-state index in [0.717, 1.165) is 5.56 Å². The van der Waals surface area contributed by atoms with E-state index in [1.165, 1.54) is 6.92 Å². The van der Waals surface area contributed by atoms with Crippen molar-refractivity contribution in [1.82, 2.24) is 9.62 Å². The van der Waals surface area contributed by atoms with Crippen LogP contribution in [-0.2, 0) is 14.8 Å². The van der Waals surface area contributed by atoms with Crippen molar-refractivity contribution in [3.05, 3.63) is 65.7 Å². The first-order chi connectivity index (χ1) is 14.7. The van der Waals surface area contributed by atoms with Gasteiger partial charge in [0.05, 0.1) is 5.25 Å². The number of carbonyl (C=O) groups is 2. The van der Waals surface area contributed by atoms with E-state index in [-0.39, 0.29) is 23.8 Å². The Morgan fingerprint density at radius 1 is 1.03 bits per heavy atom. The Bertz CT molecular complexity index is 1020. The van der Waals surface area contributed by atoms with Gasteiger partial charge in [-0.05, 0) is 50.1 Å². The fourth-order valence-electron chi connectivity index (χ4n) is 3.67. The Labute approximate surface area is 183 Å². The second kappa shape index (κ2) is 9.62. The summed E-state index contributed by atoms with van der Waals surface area (Å²) in [5, 5.41) is 2.33. The normalized spacial score (nSPS) is 19.3. The van der Waals surface area contributed by atoms with Gasteiger partial charge < -0.3 is 10.2 Å². The molecule has 31 heavy (non-hydrogen) atoms. The Morgan fingerprint density at radius 3 is 2.26 bits per heavy atom. The molecule has 7 nitrogen and oxygen atoms in total. The van der Waals surface area contributed by atoms with Gasteiger partial charge in [0.25, 0.3) is 5.91 Å². The summed E-state index contributed by atoms with van der Waals surface area (Å²) >= 11 is 0. The van der Waals surface area contributed by atoms with Crippen molar-refractivity contribution in [2.45, 2.75) is 44.4 Å². The lowest BCUT2D eigenvalue weighted by atomic mass is 9.86. The van der Waals surface area contributed by atoms with E-state index >= 15 is 0 Å². The summed E-state index contributed by atoms with van der Waals surface area (Å²) in [4.78, 5) is 26.0. The fraction of sp³-hybridized carbons (Fsp3) is 0.391. The molecule has 2 aromatic rings. The van der Waals surface area contributed by atoms with Crippen molar-refractivity contribution in [3.63, 3.8) is 0 Å². The quantitative estimate of drug-likeness (QED) is 0.718. The second-order valence-corrected chi connectivity index (χ2v) is 10.4. The maximum Gasteiger partial charge on any atom is 0.255 e. The van der Waals surface area contributed by atoms with Crippen LogP contribution in [0.15, 0.2) is 54.6 Å². The molecule has 2 unspecified atom stereocenters. The SMILES string of the molecule is CC(=O)N1CCC(NS(=O)(=O)C(C)C)C(c2ccc(NC(=O)c3ccccc3)cc2)C1. The molecular weight excluding hydrogens is 414 g/mol. The number of piperidine rings is 1. The smallest absolute Gasteiger partial charge is 0.255 e. The van der Waals surface area contributed by atoms with E-state index < -0.39 is 15.3 Å². The highest BCUT2D eigenvalue weighted by Gasteiger charge is 2.34. The first-order valence-electron chi connectivity index (χ1n) is 10.4. The lowest BCUT2D eigenvalue weighted by Crippen LogP contribution is -2.51. The number of nitrogens with one attached hydrogen (secondary N) is 2. The van der Waals surface area contributed by atoms with E-state index in [1.54, 1.807) is 55.1 Å². The number of carbonyl (C=O) groups excluding carboxylic acids is 2. The number of anilines is 1. The molecule has 1 saturated heterocycles. The predicted molar refractivity (Wildman–Crippen MR) is 121 cm³/mol. The van der Waals surface area contributed by atoms with Crippen molar-refractivity contribution in [2.75, 3.05) is 18.4 Å². The fourth-order valence-corrected chi connectivity index (χ4v) is 4.65. The standard InChI is InChI=1S/C23H29N3O4S/c1-16(2)31(29,30)25-22-13-14-26(17(3)27)15-21(22)18-9-11-20(12-10-18)24-23(28)19-7-5-4-6-8-19/h4-12,16,21-22,25H,13-15H2,1-3H3,(H,24,28). The van der Waals surface area contributed by atoms with Gasteiger partial charge in [0.1, 0.15) is 0 Å². The van der Waals surface area contributed by atoms with Crippen LogP contribution in [0.5, 0.6) is 0 Å². The molecule has 0 aliphatic carbocycles. The summed E-state index contributed by atoms with van der Waals surface area (Å²) in [6.45, 7) is 5.77. The number of hydrogen-bond donors (Lipinski definition) is 2. The third kappa shape index (κ3) is 5.71. The molecule has 1 fully saturated rings. The van der Waals surface area contributed by atoms with Crippen LogP contribution >= 0.6 is 0 Å². The molecule has 2 N–H and O–H groups in total. The average Bonchev–Trinajstić information content (AvgIpc) is 2.74. The highest BCUT2D eigenvalue weighted by molar-refractivity contribution is 7.90. The minimum Gasteiger partial charge on any atom is -0.342 e. The molecular formula is C23H29N3O4S. The van der Waals surface area contributed by atoms with Crippen LogP contribution in [0, 0.1) is 0 Å². The van der Waals surface area contributed by atoms with E-state index in [2.05, 4.69) is 10.0 Å². The second-order valence-electron chi connectivity index (χ2n) is 8.12. The predicted octanol–water partition coefficient (Wildman–Crippen LogP) is 2.97. The molecule has 166 valence electrons. The zero-order valence-electron chi connectivity index (χ0n) is 18.0. The maximum atomic E-state index is 12.5. The highest BCUT2D eigenvalue weighted by Crippen LogP contribution is 2.29. The number of likely N-dealkylation sites (tertiary alicyclic amines) is 1. The summed E-state index contributed by atoms with van der Waals surface area (Å²) in [7, 11) is -3.44. The van der Waals surface area contributed by atoms with Crippen LogP contribution in [0.2, 0.25) is 0 Å². The molecule has 1 heterocycles. The zero-order chi connectivity index (χ0) is 22.6. The lowest BCUT2D eigenvalue weighted by Gasteiger charge is -2.39. The van der Waals surface area contributed by atoms with Gasteiger partial charge in [-0.1, -0.05) is 30.3 Å². The van der Waals surface area contributed by atoms with Crippen molar-refractivity contribution in [1.29, 1.82) is 0 Å². The van der Waals surface area contributed by atoms with Crippen molar-refractivity contribution in [2.24, 2.45) is 0 Å². The third-order valence-electron chi connectivity index (χ3n) is 5.63. The Balaban J connectivity index is 1.79. The van der Waals surface area contributed by atoms with Gasteiger partial charge in [-0.3, -0.25) is 9.59 Å². The van der Waals surface area contributed by atoms with Crippen LogP contribution in [0.4, 0.5) is 5.69 Å². The Morgan fingerprint density at radius 2 is 1.68 bits per heavy atom. The number of rotatable bonds is 6. The van der Waals surface area contributed by atoms with Crippen LogP contribution in [-0.4, -0.2) is 49.5 Å². The third-order valence-corrected chi connectivity index (χ3v) is 7.50. The highest BCUT2D eigenvalue weighted by atomic mass is 32.2. The topological polar surface area (TPSA) is 95.6 Å². The molecule has 0 bridgehead atoms. The first kappa shape index (κ1) is 23.0. The molecule has 8 heteroatoms. The molecule has 1 aliphatic heterocycles. The summed E-state index contributed by atoms with van der Waals surface area (Å²) < 4.78 is 27.8. The molecule has 3 rings (SSSR count). The van der Waals surface area contributed by atoms with E-state index in [4.69, 9.17) is 0 Å². The van der Waals surface area contributed by atoms with Crippen LogP contribution in [0.3, 0.4) is 0 Å². The number of benzene rings is 2. The zero-order valence-corrected chi connectivity index (χ0v) is 18.9. The van der Waals surface area contributed by atoms with E-state index in [9.17, 15) is 18.0 Å². The van der Waals surface area contributed by atoms with Gasteiger partial charge in [-0.15, -0.1) is 0 Å². The Hall–Kier alpha value is -2.71. The number of sulfonamides is 1. The molecule has 2 amide bonds. The van der Waals surface area contributed by atoms with E-state index in [1.807, 2.05) is 18.2 Å². The largest absolute Gasteiger partial charge is 0.342 e. The van der Waals surface area contributed by atoms with Gasteiger partial charge in [0, 0.05) is 43.2 Å². The Kier molecular flexibility index (Phi) is 7.12. The van der Waals surface area contributed by atoms with Crippen LogP contribution < -0.4 is 10.0 Å². The molecule has 0 radical (unpaired) electrons. The summed E-state index contributed by atoms with van der Waals surface area (Å²) in [5.74, 6) is -0.400. The number of hydrogen-bond acceptors (Lipinski definition) is 4. The first-order valence-corrected chi connectivity index (χ1v) is 11.9. The average molecular weight is 444 g/mol. The van der Waals surface area contributed by atoms with Crippen LogP contribution in [0.25, 0.3) is 0 Å². The molecule has 0 saturated carbocycles. The van der Waals surface area contributed by atoms with Crippen molar-refractivity contribution < 1.29 is 18.0 Å².